The van der Waals surface area contributed by atoms with E-state index in [1.54, 1.807) is 18.2 Å². The smallest absolute Gasteiger partial charge is 0.292 e. The molecule has 3 aromatic rings. The molecule has 1 amide bonds. The molecule has 0 spiro atoms. The normalized spacial score (nSPS) is 10.4. The molecule has 0 saturated heterocycles. The first-order valence-electron chi connectivity index (χ1n) is 9.13. The Bertz CT molecular complexity index is 1070. The monoisotopic (exact) mass is 428 g/mol. The summed E-state index contributed by atoms with van der Waals surface area (Å²) >= 11 is 0. The Labute approximate surface area is 177 Å². The molecule has 0 fully saturated rings. The molecule has 1 N–H and O–H groups in total. The number of ether oxygens (including phenoxy) is 3. The number of nitro groups is 1. The molecule has 0 atom stereocenters. The maximum absolute atomic E-state index is 12.2. The van der Waals surface area contributed by atoms with Gasteiger partial charge in [-0.25, -0.2) is 0 Å². The quantitative estimate of drug-likeness (QED) is 0.402. The van der Waals surface area contributed by atoms with Gasteiger partial charge in [0.2, 0.25) is 23.4 Å². The van der Waals surface area contributed by atoms with Gasteiger partial charge in [0.15, 0.2) is 11.5 Å². The molecule has 0 radical (unpaired) electrons. The van der Waals surface area contributed by atoms with Crippen molar-refractivity contribution in [1.29, 1.82) is 0 Å². The minimum atomic E-state index is -0.558. The average Bonchev–Trinajstić information content (AvgIpc) is 3.26. The highest BCUT2D eigenvalue weighted by molar-refractivity contribution is 5.93. The van der Waals surface area contributed by atoms with E-state index in [1.165, 1.54) is 39.5 Å². The van der Waals surface area contributed by atoms with Crippen molar-refractivity contribution in [3.05, 3.63) is 52.4 Å². The van der Waals surface area contributed by atoms with Crippen molar-refractivity contribution < 1.29 is 28.5 Å². The molecule has 0 saturated carbocycles. The number of anilines is 1. The number of para-hydroxylation sites is 2. The van der Waals surface area contributed by atoms with E-state index < -0.39 is 10.8 Å². The average molecular weight is 428 g/mol. The van der Waals surface area contributed by atoms with Crippen molar-refractivity contribution in [2.45, 2.75) is 12.8 Å². The van der Waals surface area contributed by atoms with Crippen molar-refractivity contribution in [1.82, 2.24) is 10.1 Å². The Morgan fingerprint density at radius 3 is 2.42 bits per heavy atom. The molecule has 162 valence electrons. The highest BCUT2D eigenvalue weighted by Crippen LogP contribution is 2.40. The molecule has 0 aliphatic heterocycles. The highest BCUT2D eigenvalue weighted by Gasteiger charge is 2.19. The van der Waals surface area contributed by atoms with Gasteiger partial charge in [0.25, 0.3) is 5.69 Å². The first kappa shape index (κ1) is 21.6. The SMILES string of the molecule is COc1cc(-c2noc(CCC(=O)Nc3ccccc3[N+](=O)[O-])n2)cc(OC)c1OC. The van der Waals surface area contributed by atoms with Crippen LogP contribution in [0, 0.1) is 10.1 Å². The third-order valence-corrected chi connectivity index (χ3v) is 4.33. The number of methoxy groups -OCH3 is 3. The molecule has 3 rings (SSSR count). The third-order valence-electron chi connectivity index (χ3n) is 4.33. The first-order chi connectivity index (χ1) is 15.0. The van der Waals surface area contributed by atoms with Gasteiger partial charge in [-0.3, -0.25) is 14.9 Å². The van der Waals surface area contributed by atoms with Gasteiger partial charge >= 0.3 is 0 Å². The summed E-state index contributed by atoms with van der Waals surface area (Å²) in [5, 5.41) is 17.5. The molecule has 11 nitrogen and oxygen atoms in total. The van der Waals surface area contributed by atoms with Gasteiger partial charge in [0.1, 0.15) is 5.69 Å². The molecule has 0 bridgehead atoms. The summed E-state index contributed by atoms with van der Waals surface area (Å²) in [6.45, 7) is 0. The number of nitrogens with zero attached hydrogens (tertiary/aromatic N) is 3. The van der Waals surface area contributed by atoms with Gasteiger partial charge in [-0.15, -0.1) is 0 Å². The number of rotatable bonds is 9. The minimum Gasteiger partial charge on any atom is -0.493 e. The number of carbonyl (C=O) groups is 1. The molecular formula is C20H20N4O7. The zero-order valence-electron chi connectivity index (χ0n) is 17.1. The van der Waals surface area contributed by atoms with Gasteiger partial charge in [-0.1, -0.05) is 17.3 Å². The number of nitrogens with one attached hydrogen (secondary N) is 1. The second kappa shape index (κ2) is 9.57. The molecule has 2 aromatic carbocycles. The van der Waals surface area contributed by atoms with Crippen LogP contribution >= 0.6 is 0 Å². The van der Waals surface area contributed by atoms with Crippen LogP contribution in [0.25, 0.3) is 11.4 Å². The number of carbonyl (C=O) groups excluding carboxylic acids is 1. The van der Waals surface area contributed by atoms with Crippen molar-refractivity contribution in [3.63, 3.8) is 0 Å². The highest BCUT2D eigenvalue weighted by atomic mass is 16.6. The Kier molecular flexibility index (Phi) is 6.65. The number of nitro benzene ring substituents is 1. The van der Waals surface area contributed by atoms with Gasteiger partial charge in [-0.05, 0) is 18.2 Å². The second-order valence-corrected chi connectivity index (χ2v) is 6.25. The van der Waals surface area contributed by atoms with E-state index >= 15 is 0 Å². The summed E-state index contributed by atoms with van der Waals surface area (Å²) < 4.78 is 21.1. The van der Waals surface area contributed by atoms with Crippen LogP contribution in [-0.4, -0.2) is 42.3 Å². The van der Waals surface area contributed by atoms with Gasteiger partial charge in [0, 0.05) is 24.5 Å². The number of benzene rings is 2. The van der Waals surface area contributed by atoms with Crippen LogP contribution in [0.3, 0.4) is 0 Å². The summed E-state index contributed by atoms with van der Waals surface area (Å²) in [4.78, 5) is 27.0. The molecule has 0 unspecified atom stereocenters. The summed E-state index contributed by atoms with van der Waals surface area (Å²) in [5.41, 5.74) is 0.522. The number of hydrogen-bond acceptors (Lipinski definition) is 9. The predicted octanol–water partition coefficient (Wildman–Crippen LogP) is 3.24. The fourth-order valence-corrected chi connectivity index (χ4v) is 2.86. The van der Waals surface area contributed by atoms with Crippen LogP contribution < -0.4 is 19.5 Å². The van der Waals surface area contributed by atoms with Crippen molar-refractivity contribution in [2.75, 3.05) is 26.6 Å². The molecule has 1 aromatic heterocycles. The summed E-state index contributed by atoms with van der Waals surface area (Å²) in [6.07, 6.45) is 0.160. The lowest BCUT2D eigenvalue weighted by molar-refractivity contribution is -0.383. The fraction of sp³-hybridized carbons (Fsp3) is 0.250. The van der Waals surface area contributed by atoms with E-state index in [0.717, 1.165) is 0 Å². The lowest BCUT2D eigenvalue weighted by atomic mass is 10.1. The van der Waals surface area contributed by atoms with Crippen molar-refractivity contribution >= 4 is 17.3 Å². The Balaban J connectivity index is 1.70. The topological polar surface area (TPSA) is 139 Å². The van der Waals surface area contributed by atoms with Crippen LogP contribution in [0.5, 0.6) is 17.2 Å². The van der Waals surface area contributed by atoms with Crippen LogP contribution in [0.2, 0.25) is 0 Å². The number of aromatic nitrogens is 2. The molecule has 31 heavy (non-hydrogen) atoms. The Morgan fingerprint density at radius 2 is 1.81 bits per heavy atom. The van der Waals surface area contributed by atoms with E-state index in [-0.39, 0.29) is 35.9 Å². The molecule has 0 aliphatic rings. The van der Waals surface area contributed by atoms with E-state index in [4.69, 9.17) is 18.7 Å². The van der Waals surface area contributed by atoms with Crippen LogP contribution in [-0.2, 0) is 11.2 Å². The van der Waals surface area contributed by atoms with Crippen LogP contribution in [0.1, 0.15) is 12.3 Å². The first-order valence-corrected chi connectivity index (χ1v) is 9.13. The molecule has 1 heterocycles. The maximum Gasteiger partial charge on any atom is 0.292 e. The molecule has 0 aliphatic carbocycles. The number of hydrogen-bond donors (Lipinski definition) is 1. The van der Waals surface area contributed by atoms with E-state index in [0.29, 0.717) is 22.8 Å². The summed E-state index contributed by atoms with van der Waals surface area (Å²) in [7, 11) is 4.50. The number of aryl methyl sites for hydroxylation is 1. The summed E-state index contributed by atoms with van der Waals surface area (Å²) in [5.74, 6) is 1.42. The zero-order chi connectivity index (χ0) is 22.4. The van der Waals surface area contributed by atoms with Crippen LogP contribution in [0.4, 0.5) is 11.4 Å². The van der Waals surface area contributed by atoms with E-state index in [9.17, 15) is 14.9 Å². The standard InChI is InChI=1S/C20H20N4O7/c1-28-15-10-12(11-16(29-2)19(15)30-3)20-22-18(31-23-20)9-8-17(25)21-13-6-4-5-7-14(13)24(26)27/h4-7,10-11H,8-9H2,1-3H3,(H,21,25). The van der Waals surface area contributed by atoms with Crippen LogP contribution in [0.15, 0.2) is 40.9 Å². The van der Waals surface area contributed by atoms with E-state index in [2.05, 4.69) is 15.5 Å². The Morgan fingerprint density at radius 1 is 1.13 bits per heavy atom. The minimum absolute atomic E-state index is 0.00291. The largest absolute Gasteiger partial charge is 0.493 e. The lowest BCUT2D eigenvalue weighted by Crippen LogP contribution is -2.13. The number of amides is 1. The van der Waals surface area contributed by atoms with Gasteiger partial charge in [-0.2, -0.15) is 4.98 Å². The summed E-state index contributed by atoms with van der Waals surface area (Å²) in [6, 6.07) is 9.26. The third kappa shape index (κ3) is 4.89. The Hall–Kier alpha value is -4.15. The maximum atomic E-state index is 12.2. The molecular weight excluding hydrogens is 408 g/mol. The molecule has 11 heteroatoms. The predicted molar refractivity (Wildman–Crippen MR) is 109 cm³/mol. The van der Waals surface area contributed by atoms with Crippen molar-refractivity contribution in [2.24, 2.45) is 0 Å². The van der Waals surface area contributed by atoms with Gasteiger partial charge < -0.3 is 24.1 Å². The van der Waals surface area contributed by atoms with Gasteiger partial charge in [0.05, 0.1) is 26.3 Å². The lowest BCUT2D eigenvalue weighted by Gasteiger charge is -2.12. The zero-order valence-corrected chi connectivity index (χ0v) is 17.1. The van der Waals surface area contributed by atoms with E-state index in [1.807, 2.05) is 0 Å². The van der Waals surface area contributed by atoms with Crippen molar-refractivity contribution in [3.8, 4) is 28.6 Å². The fourth-order valence-electron chi connectivity index (χ4n) is 2.86. The second-order valence-electron chi connectivity index (χ2n) is 6.25.